The highest BCUT2D eigenvalue weighted by molar-refractivity contribution is 5.81. The third-order valence-electron chi connectivity index (χ3n) is 4.41. The molecule has 1 N–H and O–H groups in total. The van der Waals surface area contributed by atoms with E-state index in [-0.39, 0.29) is 24.0 Å². The molecule has 0 aliphatic carbocycles. The van der Waals surface area contributed by atoms with Crippen molar-refractivity contribution in [2.45, 2.75) is 38.8 Å². The second-order valence-corrected chi connectivity index (χ2v) is 7.71. The van der Waals surface area contributed by atoms with Gasteiger partial charge in [-0.3, -0.25) is 4.79 Å². The molecule has 7 heteroatoms. The summed E-state index contributed by atoms with van der Waals surface area (Å²) in [6.07, 6.45) is 2.11. The predicted octanol–water partition coefficient (Wildman–Crippen LogP) is 1.64. The molecule has 2 fully saturated rings. The van der Waals surface area contributed by atoms with Crippen molar-refractivity contribution in [2.24, 2.45) is 5.92 Å². The topological polar surface area (TPSA) is 74.8 Å². The second kappa shape index (κ2) is 6.90. The number of nitrogens with zero attached hydrogens (tertiary/aromatic N) is 3. The molecule has 2 aliphatic heterocycles. The smallest absolute Gasteiger partial charge is 0.410 e. The van der Waals surface area contributed by atoms with E-state index >= 15 is 0 Å². The van der Waals surface area contributed by atoms with Crippen LogP contribution in [0.5, 0.6) is 0 Å². The third-order valence-corrected chi connectivity index (χ3v) is 4.41. The summed E-state index contributed by atoms with van der Waals surface area (Å²) in [6, 6.07) is 5.95. The van der Waals surface area contributed by atoms with Gasteiger partial charge in [0.1, 0.15) is 11.4 Å². The number of nitrogens with one attached hydrogen (secondary N) is 1. The Morgan fingerprint density at radius 3 is 2.64 bits per heavy atom. The molecule has 3 rings (SSSR count). The van der Waals surface area contributed by atoms with Gasteiger partial charge in [0.15, 0.2) is 0 Å². The zero-order valence-electron chi connectivity index (χ0n) is 15.1. The zero-order chi connectivity index (χ0) is 18.0. The lowest BCUT2D eigenvalue weighted by Gasteiger charge is -2.40. The number of hydrogen-bond acceptors (Lipinski definition) is 5. The fourth-order valence-corrected chi connectivity index (χ4v) is 3.08. The summed E-state index contributed by atoms with van der Waals surface area (Å²) in [5, 5.41) is 3.08. The molecule has 136 valence electrons. The van der Waals surface area contributed by atoms with E-state index in [4.69, 9.17) is 4.74 Å². The molecule has 0 spiro atoms. The number of carbonyl (C=O) groups is 2. The van der Waals surface area contributed by atoms with Crippen molar-refractivity contribution in [3.63, 3.8) is 0 Å². The fourth-order valence-electron chi connectivity index (χ4n) is 3.08. The van der Waals surface area contributed by atoms with Crippen LogP contribution in [0.1, 0.15) is 27.2 Å². The quantitative estimate of drug-likeness (QED) is 0.901. The second-order valence-electron chi connectivity index (χ2n) is 7.71. The molecule has 3 heterocycles. The number of pyridine rings is 1. The molecule has 1 atom stereocenters. The highest BCUT2D eigenvalue weighted by Gasteiger charge is 2.36. The maximum Gasteiger partial charge on any atom is 0.410 e. The zero-order valence-corrected chi connectivity index (χ0v) is 15.1. The minimum Gasteiger partial charge on any atom is -0.444 e. The lowest BCUT2D eigenvalue weighted by molar-refractivity contribution is -0.125. The summed E-state index contributed by atoms with van der Waals surface area (Å²) < 4.78 is 5.37. The van der Waals surface area contributed by atoms with Crippen molar-refractivity contribution < 1.29 is 14.3 Å². The number of ether oxygens (including phenoxy) is 1. The van der Waals surface area contributed by atoms with Gasteiger partial charge in [-0.05, 0) is 39.3 Å². The van der Waals surface area contributed by atoms with E-state index < -0.39 is 5.60 Å². The minimum atomic E-state index is -0.516. The monoisotopic (exact) mass is 346 g/mol. The number of carbonyl (C=O) groups excluding carboxylic acids is 2. The number of rotatable bonds is 3. The van der Waals surface area contributed by atoms with Gasteiger partial charge in [0.25, 0.3) is 0 Å². The van der Waals surface area contributed by atoms with Crippen molar-refractivity contribution in [1.29, 1.82) is 0 Å². The largest absolute Gasteiger partial charge is 0.444 e. The number of amides is 2. The molecule has 7 nitrogen and oxygen atoms in total. The molecule has 2 amide bonds. The van der Waals surface area contributed by atoms with Crippen LogP contribution in [0.4, 0.5) is 10.6 Å². The number of hydrogen-bond donors (Lipinski definition) is 1. The first-order valence-electron chi connectivity index (χ1n) is 8.76. The standard InChI is InChI=1S/C18H26N4O3/c1-18(2,3)25-17(24)21-9-7-13(10-21)16(23)20-14-11-22(12-14)15-6-4-5-8-19-15/h4-6,8,13-14H,7,9-12H2,1-3H3,(H,20,23). The predicted molar refractivity (Wildman–Crippen MR) is 94.3 cm³/mol. The summed E-state index contributed by atoms with van der Waals surface area (Å²) in [4.78, 5) is 32.6. The van der Waals surface area contributed by atoms with Crippen LogP contribution < -0.4 is 10.2 Å². The third kappa shape index (κ3) is 4.41. The van der Waals surface area contributed by atoms with Crippen LogP contribution in [-0.2, 0) is 9.53 Å². The highest BCUT2D eigenvalue weighted by atomic mass is 16.6. The Morgan fingerprint density at radius 2 is 2.00 bits per heavy atom. The van der Waals surface area contributed by atoms with Crippen molar-refractivity contribution >= 4 is 17.8 Å². The molecule has 1 aromatic rings. The van der Waals surface area contributed by atoms with Gasteiger partial charge >= 0.3 is 6.09 Å². The van der Waals surface area contributed by atoms with Crippen LogP contribution in [0.3, 0.4) is 0 Å². The van der Waals surface area contributed by atoms with Gasteiger partial charge in [-0.15, -0.1) is 0 Å². The van der Waals surface area contributed by atoms with E-state index in [9.17, 15) is 9.59 Å². The van der Waals surface area contributed by atoms with E-state index in [0.29, 0.717) is 19.5 Å². The van der Waals surface area contributed by atoms with E-state index in [1.165, 1.54) is 0 Å². The van der Waals surface area contributed by atoms with Crippen LogP contribution in [0.2, 0.25) is 0 Å². The number of anilines is 1. The maximum atomic E-state index is 12.4. The first kappa shape index (κ1) is 17.5. The number of aromatic nitrogens is 1. The first-order valence-corrected chi connectivity index (χ1v) is 8.76. The SMILES string of the molecule is CC(C)(C)OC(=O)N1CCC(C(=O)NC2CN(c3ccccn3)C2)C1. The molecule has 25 heavy (non-hydrogen) atoms. The van der Waals surface area contributed by atoms with Crippen molar-refractivity contribution in [1.82, 2.24) is 15.2 Å². The molecule has 0 aromatic carbocycles. The minimum absolute atomic E-state index is 0.0247. The average Bonchev–Trinajstić information content (AvgIpc) is 2.99. The highest BCUT2D eigenvalue weighted by Crippen LogP contribution is 2.21. The normalized spacial score (nSPS) is 21.0. The van der Waals surface area contributed by atoms with Crippen LogP contribution in [0, 0.1) is 5.92 Å². The van der Waals surface area contributed by atoms with E-state index in [2.05, 4.69) is 15.2 Å². The van der Waals surface area contributed by atoms with Gasteiger partial charge in [-0.25, -0.2) is 9.78 Å². The van der Waals surface area contributed by atoms with Gasteiger partial charge in [0, 0.05) is 32.4 Å². The van der Waals surface area contributed by atoms with Crippen molar-refractivity contribution in [2.75, 3.05) is 31.1 Å². The Balaban J connectivity index is 1.42. The summed E-state index contributed by atoms with van der Waals surface area (Å²) >= 11 is 0. The summed E-state index contributed by atoms with van der Waals surface area (Å²) in [6.45, 7) is 8.06. The van der Waals surface area contributed by atoms with E-state index in [1.807, 2.05) is 39.0 Å². The van der Waals surface area contributed by atoms with Gasteiger partial charge < -0.3 is 19.9 Å². The maximum absolute atomic E-state index is 12.4. The molecule has 0 bridgehead atoms. The van der Waals surface area contributed by atoms with Gasteiger partial charge in [-0.1, -0.05) is 6.07 Å². The molecule has 2 saturated heterocycles. The van der Waals surface area contributed by atoms with Crippen LogP contribution in [-0.4, -0.2) is 59.7 Å². The summed E-state index contributed by atoms with van der Waals surface area (Å²) in [5.74, 6) is 0.804. The molecular formula is C18H26N4O3. The van der Waals surface area contributed by atoms with Gasteiger partial charge in [0.2, 0.25) is 5.91 Å². The Hall–Kier alpha value is -2.31. The Kier molecular flexibility index (Phi) is 4.83. The van der Waals surface area contributed by atoms with Gasteiger partial charge in [0.05, 0.1) is 12.0 Å². The lowest BCUT2D eigenvalue weighted by atomic mass is 10.0. The van der Waals surface area contributed by atoms with Crippen LogP contribution >= 0.6 is 0 Å². The average molecular weight is 346 g/mol. The van der Waals surface area contributed by atoms with Gasteiger partial charge in [-0.2, -0.15) is 0 Å². The van der Waals surface area contributed by atoms with Crippen molar-refractivity contribution in [3.05, 3.63) is 24.4 Å². The molecule has 0 saturated carbocycles. The molecule has 0 radical (unpaired) electrons. The Labute approximate surface area is 148 Å². The van der Waals surface area contributed by atoms with Crippen molar-refractivity contribution in [3.8, 4) is 0 Å². The Morgan fingerprint density at radius 1 is 1.24 bits per heavy atom. The van der Waals surface area contributed by atoms with Crippen LogP contribution in [0.25, 0.3) is 0 Å². The molecule has 1 aromatic heterocycles. The Bertz CT molecular complexity index is 623. The van der Waals surface area contributed by atoms with E-state index in [1.54, 1.807) is 11.1 Å². The molecule has 2 aliphatic rings. The lowest BCUT2D eigenvalue weighted by Crippen LogP contribution is -2.60. The summed E-state index contributed by atoms with van der Waals surface area (Å²) in [7, 11) is 0. The fraction of sp³-hybridized carbons (Fsp3) is 0.611. The first-order chi connectivity index (χ1) is 11.8. The molecule has 1 unspecified atom stereocenters. The number of likely N-dealkylation sites (tertiary alicyclic amines) is 1. The molecular weight excluding hydrogens is 320 g/mol. The summed E-state index contributed by atoms with van der Waals surface area (Å²) in [5.41, 5.74) is -0.516. The van der Waals surface area contributed by atoms with Crippen LogP contribution in [0.15, 0.2) is 24.4 Å². The van der Waals surface area contributed by atoms with E-state index in [0.717, 1.165) is 18.9 Å².